The highest BCUT2D eigenvalue weighted by molar-refractivity contribution is 9.10. The third-order valence-corrected chi connectivity index (χ3v) is 5.75. The number of nitrogens with one attached hydrogen (secondary N) is 1. The zero-order chi connectivity index (χ0) is 21.9. The van der Waals surface area contributed by atoms with Crippen molar-refractivity contribution in [1.29, 1.82) is 0 Å². The van der Waals surface area contributed by atoms with Gasteiger partial charge in [-0.25, -0.2) is 0 Å². The van der Waals surface area contributed by atoms with Crippen molar-refractivity contribution in [3.05, 3.63) is 50.7 Å². The smallest absolute Gasteiger partial charge is 0.347 e. The van der Waals surface area contributed by atoms with E-state index >= 15 is 0 Å². The van der Waals surface area contributed by atoms with Gasteiger partial charge in [-0.1, -0.05) is 23.7 Å². The molecule has 29 heavy (non-hydrogen) atoms. The number of rotatable bonds is 7. The number of carbonyl (C=O) groups excluding carboxylic acids is 1. The van der Waals surface area contributed by atoms with Crippen LogP contribution in [0.4, 0.5) is 13.2 Å². The molecule has 160 valence electrons. The van der Waals surface area contributed by atoms with Gasteiger partial charge < -0.3 is 10.2 Å². The van der Waals surface area contributed by atoms with E-state index in [-0.39, 0.29) is 16.2 Å². The Kier molecular flexibility index (Phi) is 7.75. The molecule has 1 N–H and O–H groups in total. The normalized spacial score (nSPS) is 14.1. The first-order valence-corrected chi connectivity index (χ1v) is 10.1. The van der Waals surface area contributed by atoms with Crippen LogP contribution in [-0.2, 0) is 11.0 Å². The number of hydrogen-bond donors (Lipinski definition) is 1. The van der Waals surface area contributed by atoms with Gasteiger partial charge in [-0.2, -0.15) is 18.3 Å². The van der Waals surface area contributed by atoms with Gasteiger partial charge in [0.05, 0.1) is 16.2 Å². The Morgan fingerprint density at radius 2 is 1.90 bits per heavy atom. The van der Waals surface area contributed by atoms with Crippen molar-refractivity contribution in [3.8, 4) is 0 Å². The third-order valence-electron chi connectivity index (χ3n) is 4.55. The lowest BCUT2D eigenvalue weighted by molar-refractivity contribution is -0.142. The highest BCUT2D eigenvalue weighted by atomic mass is 79.9. The molecule has 0 aliphatic heterocycles. The van der Waals surface area contributed by atoms with Gasteiger partial charge >= 0.3 is 6.18 Å². The summed E-state index contributed by atoms with van der Waals surface area (Å²) in [6, 6.07) is 5.89. The second-order valence-corrected chi connectivity index (χ2v) is 8.30. The second kappa shape index (κ2) is 9.49. The average molecular weight is 496 g/mol. The highest BCUT2D eigenvalue weighted by Gasteiger charge is 2.39. The maximum absolute atomic E-state index is 13.1. The van der Waals surface area contributed by atoms with E-state index in [1.165, 1.54) is 13.8 Å². The quantitative estimate of drug-likeness (QED) is 0.588. The standard InChI is InChI=1S/C19H23BrClF3N4O/c1-11-16(20)17(19(22,23)24)26-28(11)12(2)18(29)25-15(9-10-27(3)4)13-5-7-14(21)8-6-13/h5-8,12,15H,9-10H2,1-4H3,(H,25,29). The minimum atomic E-state index is -4.61. The van der Waals surface area contributed by atoms with Crippen molar-refractivity contribution in [2.75, 3.05) is 20.6 Å². The van der Waals surface area contributed by atoms with E-state index in [0.717, 1.165) is 10.2 Å². The molecule has 10 heteroatoms. The van der Waals surface area contributed by atoms with E-state index in [0.29, 0.717) is 18.0 Å². The van der Waals surface area contributed by atoms with Crippen molar-refractivity contribution in [2.45, 2.75) is 38.5 Å². The predicted octanol–water partition coefficient (Wildman–Crippen LogP) is 5.00. The summed E-state index contributed by atoms with van der Waals surface area (Å²) in [7, 11) is 3.85. The van der Waals surface area contributed by atoms with E-state index in [2.05, 4.69) is 26.3 Å². The molecule has 0 saturated heterocycles. The van der Waals surface area contributed by atoms with Crippen molar-refractivity contribution in [2.24, 2.45) is 0 Å². The minimum Gasteiger partial charge on any atom is -0.347 e. The van der Waals surface area contributed by atoms with Crippen LogP contribution in [0.5, 0.6) is 0 Å². The molecular weight excluding hydrogens is 473 g/mol. The molecule has 0 saturated carbocycles. The molecule has 0 radical (unpaired) electrons. The SMILES string of the molecule is Cc1c(Br)c(C(F)(F)F)nn1C(C)C(=O)NC(CCN(C)C)c1ccc(Cl)cc1. The lowest BCUT2D eigenvalue weighted by Crippen LogP contribution is -2.36. The van der Waals surface area contributed by atoms with Crippen LogP contribution in [-0.4, -0.2) is 41.2 Å². The molecule has 1 aromatic heterocycles. The summed E-state index contributed by atoms with van der Waals surface area (Å²) in [5, 5.41) is 7.14. The number of carbonyl (C=O) groups is 1. The summed E-state index contributed by atoms with van der Waals surface area (Å²) < 4.78 is 40.3. The van der Waals surface area contributed by atoms with Crippen LogP contribution in [0.25, 0.3) is 0 Å². The van der Waals surface area contributed by atoms with E-state index in [1.807, 2.05) is 31.1 Å². The Morgan fingerprint density at radius 1 is 1.31 bits per heavy atom. The fourth-order valence-electron chi connectivity index (χ4n) is 2.86. The average Bonchev–Trinajstić information content (AvgIpc) is 2.94. The molecule has 0 aliphatic rings. The molecule has 0 fully saturated rings. The summed E-state index contributed by atoms with van der Waals surface area (Å²) in [6.45, 7) is 3.72. The summed E-state index contributed by atoms with van der Waals surface area (Å²) in [5.74, 6) is -0.421. The van der Waals surface area contributed by atoms with Crippen molar-refractivity contribution in [1.82, 2.24) is 20.0 Å². The monoisotopic (exact) mass is 494 g/mol. The van der Waals surface area contributed by atoms with Gasteiger partial charge in [0.1, 0.15) is 6.04 Å². The fraction of sp³-hybridized carbons (Fsp3) is 0.474. The molecule has 2 aromatic rings. The van der Waals surface area contributed by atoms with Crippen molar-refractivity contribution in [3.63, 3.8) is 0 Å². The summed E-state index contributed by atoms with van der Waals surface area (Å²) in [4.78, 5) is 14.8. The molecule has 2 unspecified atom stereocenters. The fourth-order valence-corrected chi connectivity index (χ4v) is 3.48. The maximum atomic E-state index is 13.1. The Balaban J connectivity index is 2.25. The molecule has 1 aromatic carbocycles. The maximum Gasteiger partial charge on any atom is 0.436 e. The van der Waals surface area contributed by atoms with Crippen LogP contribution < -0.4 is 5.32 Å². The van der Waals surface area contributed by atoms with Crippen LogP contribution in [0.15, 0.2) is 28.7 Å². The van der Waals surface area contributed by atoms with Gasteiger partial charge in [0.2, 0.25) is 5.91 Å². The predicted molar refractivity (Wildman–Crippen MR) is 110 cm³/mol. The summed E-state index contributed by atoms with van der Waals surface area (Å²) in [5.41, 5.74) is 0.0546. The van der Waals surface area contributed by atoms with Crippen LogP contribution in [0, 0.1) is 6.92 Å². The number of aromatic nitrogens is 2. The molecule has 5 nitrogen and oxygen atoms in total. The summed E-state index contributed by atoms with van der Waals surface area (Å²) in [6.07, 6.45) is -3.98. The van der Waals surface area contributed by atoms with Crippen LogP contribution >= 0.6 is 27.5 Å². The Hall–Kier alpha value is -1.58. The van der Waals surface area contributed by atoms with Gasteiger partial charge in [-0.15, -0.1) is 0 Å². The Morgan fingerprint density at radius 3 is 2.38 bits per heavy atom. The number of alkyl halides is 3. The first-order valence-electron chi connectivity index (χ1n) is 8.94. The third kappa shape index (κ3) is 5.96. The number of halogens is 5. The topological polar surface area (TPSA) is 50.2 Å². The first kappa shape index (κ1) is 23.7. The largest absolute Gasteiger partial charge is 0.436 e. The molecule has 1 amide bonds. The van der Waals surface area contributed by atoms with Gasteiger partial charge in [0.25, 0.3) is 0 Å². The number of benzene rings is 1. The number of amides is 1. The molecule has 0 aliphatic carbocycles. The first-order chi connectivity index (χ1) is 13.4. The highest BCUT2D eigenvalue weighted by Crippen LogP contribution is 2.36. The molecule has 0 bridgehead atoms. The Labute approximate surface area is 181 Å². The van der Waals surface area contributed by atoms with E-state index in [9.17, 15) is 18.0 Å². The van der Waals surface area contributed by atoms with Crippen LogP contribution in [0.3, 0.4) is 0 Å². The van der Waals surface area contributed by atoms with Crippen LogP contribution in [0.2, 0.25) is 5.02 Å². The number of hydrogen-bond acceptors (Lipinski definition) is 3. The molecule has 2 atom stereocenters. The van der Waals surface area contributed by atoms with Gasteiger partial charge in [0.15, 0.2) is 5.69 Å². The lowest BCUT2D eigenvalue weighted by atomic mass is 10.0. The van der Waals surface area contributed by atoms with Crippen molar-refractivity contribution >= 4 is 33.4 Å². The molecule has 2 rings (SSSR count). The van der Waals surface area contributed by atoms with Gasteiger partial charge in [-0.05, 0) is 74.5 Å². The van der Waals surface area contributed by atoms with Crippen molar-refractivity contribution < 1.29 is 18.0 Å². The Bertz CT molecular complexity index is 852. The van der Waals surface area contributed by atoms with E-state index in [1.54, 1.807) is 12.1 Å². The summed E-state index contributed by atoms with van der Waals surface area (Å²) >= 11 is 8.88. The number of nitrogens with zero attached hydrogens (tertiary/aromatic N) is 3. The molecule has 0 spiro atoms. The van der Waals surface area contributed by atoms with Gasteiger partial charge in [-0.3, -0.25) is 9.48 Å². The van der Waals surface area contributed by atoms with Gasteiger partial charge in [0, 0.05) is 5.02 Å². The lowest BCUT2D eigenvalue weighted by Gasteiger charge is -2.24. The van der Waals surface area contributed by atoms with E-state index in [4.69, 9.17) is 11.6 Å². The second-order valence-electron chi connectivity index (χ2n) is 7.07. The zero-order valence-corrected chi connectivity index (χ0v) is 18.9. The van der Waals surface area contributed by atoms with Crippen LogP contribution in [0.1, 0.15) is 42.4 Å². The molecular formula is C19H23BrClF3N4O. The minimum absolute atomic E-state index is 0.161. The van der Waals surface area contributed by atoms with E-state index < -0.39 is 23.8 Å². The molecule has 1 heterocycles. The zero-order valence-electron chi connectivity index (χ0n) is 16.5.